The second kappa shape index (κ2) is 16.7. The quantitative estimate of drug-likeness (QED) is 0.154. The standard InChI is InChI=1S/C55H22N10S/c56-23-32-16-37(26-59)47(38(17-32)27-60)51-50-45-12-6-7-13-46(45)66-55(50)54(65(43-10-2-1-3-11-43)44-15-14-35-8-4-5-9-36(35)22-44)53(49-41(30-63)20-34(25-58)21-42(49)31-64)52(51)48-39(28-61)18-33(24-57)19-40(48)29-62/h1-22H. The zero-order valence-corrected chi connectivity index (χ0v) is 34.9. The Morgan fingerprint density at radius 1 is 0.348 bits per heavy atom. The van der Waals surface area contributed by atoms with Gasteiger partial charge in [0.05, 0.1) is 115 Å². The normalized spacial score (nSPS) is 10.3. The topological polar surface area (TPSA) is 217 Å². The van der Waals surface area contributed by atoms with Crippen LogP contribution in [0, 0.1) is 102 Å². The molecule has 8 aromatic carbocycles. The fourth-order valence-electron chi connectivity index (χ4n) is 8.66. The highest BCUT2D eigenvalue weighted by atomic mass is 32.1. The average molecular weight is 855 g/mol. The molecule has 0 aliphatic rings. The van der Waals surface area contributed by atoms with Crippen molar-refractivity contribution in [3.8, 4) is 88.0 Å². The Morgan fingerprint density at radius 2 is 0.788 bits per heavy atom. The molecule has 0 bridgehead atoms. The SMILES string of the molecule is N#Cc1cc(C#N)c(-c2c(-c3c(C#N)cc(C#N)cc3C#N)c(-c3c(C#N)cc(C#N)cc3C#N)c3c(sc4ccccc43)c2N(c2ccccc2)c2ccc3ccccc3c2)c(C#N)c1. The fourth-order valence-corrected chi connectivity index (χ4v) is 9.91. The van der Waals surface area contributed by atoms with Crippen molar-refractivity contribution < 1.29 is 0 Å². The number of hydrogen-bond acceptors (Lipinski definition) is 11. The third-order valence-corrected chi connectivity index (χ3v) is 12.5. The highest BCUT2D eigenvalue weighted by Crippen LogP contribution is 2.60. The zero-order valence-electron chi connectivity index (χ0n) is 34.1. The molecule has 0 amide bonds. The minimum Gasteiger partial charge on any atom is -0.308 e. The predicted octanol–water partition coefficient (Wildman–Crippen LogP) is 12.5. The summed E-state index contributed by atoms with van der Waals surface area (Å²) in [5.41, 5.74) is 1.60. The van der Waals surface area contributed by atoms with Gasteiger partial charge < -0.3 is 4.90 Å². The molecule has 9 aromatic rings. The molecule has 66 heavy (non-hydrogen) atoms. The Morgan fingerprint density at radius 3 is 1.29 bits per heavy atom. The lowest BCUT2D eigenvalue weighted by molar-refractivity contribution is 1.30. The Kier molecular flexibility index (Phi) is 10.3. The summed E-state index contributed by atoms with van der Waals surface area (Å²) in [6, 6.07) is 58.1. The van der Waals surface area contributed by atoms with Crippen LogP contribution < -0.4 is 4.90 Å². The molecule has 0 atom stereocenters. The smallest absolute Gasteiger partial charge is 0.0999 e. The van der Waals surface area contributed by atoms with Crippen LogP contribution in [-0.4, -0.2) is 0 Å². The second-order valence-corrected chi connectivity index (χ2v) is 15.9. The van der Waals surface area contributed by atoms with Gasteiger partial charge in [0.15, 0.2) is 0 Å². The molecule has 0 unspecified atom stereocenters. The first-order chi connectivity index (χ1) is 32.3. The summed E-state index contributed by atoms with van der Waals surface area (Å²) < 4.78 is 1.32. The van der Waals surface area contributed by atoms with E-state index in [2.05, 4.69) is 42.5 Å². The molecule has 10 nitrogen and oxygen atoms in total. The maximum atomic E-state index is 11.1. The summed E-state index contributed by atoms with van der Waals surface area (Å²) in [6.07, 6.45) is 0. The van der Waals surface area contributed by atoms with E-state index in [0.717, 1.165) is 15.5 Å². The number of para-hydroxylation sites is 1. The van der Waals surface area contributed by atoms with Gasteiger partial charge in [-0.15, -0.1) is 11.3 Å². The molecule has 9 rings (SSSR count). The van der Waals surface area contributed by atoms with E-state index in [0.29, 0.717) is 32.5 Å². The first kappa shape index (κ1) is 40.8. The number of fused-ring (bicyclic) bond motifs is 4. The van der Waals surface area contributed by atoms with Gasteiger partial charge in [0, 0.05) is 60.2 Å². The highest BCUT2D eigenvalue weighted by Gasteiger charge is 2.36. The van der Waals surface area contributed by atoms with E-state index in [1.54, 1.807) is 0 Å². The average Bonchev–Trinajstić information content (AvgIpc) is 3.77. The number of benzene rings is 8. The third kappa shape index (κ3) is 6.50. The summed E-state index contributed by atoms with van der Waals surface area (Å²) in [4.78, 5) is 1.98. The van der Waals surface area contributed by atoms with Gasteiger partial charge in [0.2, 0.25) is 0 Å². The van der Waals surface area contributed by atoms with Crippen LogP contribution in [-0.2, 0) is 0 Å². The van der Waals surface area contributed by atoms with Gasteiger partial charge >= 0.3 is 0 Å². The molecule has 298 valence electrons. The number of nitrogens with zero attached hydrogens (tertiary/aromatic N) is 10. The van der Waals surface area contributed by atoms with Gasteiger partial charge in [-0.05, 0) is 77.5 Å². The van der Waals surface area contributed by atoms with Crippen LogP contribution in [0.25, 0.3) is 64.3 Å². The van der Waals surface area contributed by atoms with E-state index >= 15 is 0 Å². The molecule has 0 N–H and O–H groups in total. The fraction of sp³-hybridized carbons (Fsp3) is 0. The monoisotopic (exact) mass is 854 g/mol. The summed E-state index contributed by atoms with van der Waals surface area (Å²) in [5, 5.41) is 99.9. The van der Waals surface area contributed by atoms with E-state index in [4.69, 9.17) is 0 Å². The van der Waals surface area contributed by atoms with Crippen LogP contribution in [0.3, 0.4) is 0 Å². The molecule has 0 aliphatic heterocycles. The third-order valence-electron chi connectivity index (χ3n) is 11.3. The van der Waals surface area contributed by atoms with Crippen molar-refractivity contribution in [2.24, 2.45) is 0 Å². The Balaban J connectivity index is 1.72. The molecular formula is C55H22N10S. The lowest BCUT2D eigenvalue weighted by Gasteiger charge is -2.32. The Bertz CT molecular complexity index is 3900. The predicted molar refractivity (Wildman–Crippen MR) is 250 cm³/mol. The molecule has 11 heteroatoms. The molecule has 0 saturated heterocycles. The molecule has 0 fully saturated rings. The first-order valence-corrected chi connectivity index (χ1v) is 20.7. The first-order valence-electron chi connectivity index (χ1n) is 19.9. The number of nitriles is 9. The van der Waals surface area contributed by atoms with E-state index in [-0.39, 0.29) is 83.5 Å². The van der Waals surface area contributed by atoms with Crippen LogP contribution in [0.5, 0.6) is 0 Å². The minimum absolute atomic E-state index is 0.00177. The number of hydrogen-bond donors (Lipinski definition) is 0. The summed E-state index contributed by atoms with van der Waals surface area (Å²) in [7, 11) is 0. The Hall–Kier alpha value is -10.6. The number of anilines is 3. The van der Waals surface area contributed by atoms with Crippen molar-refractivity contribution in [1.82, 2.24) is 0 Å². The van der Waals surface area contributed by atoms with Gasteiger partial charge in [0.1, 0.15) is 0 Å². The molecule has 0 spiro atoms. The zero-order chi connectivity index (χ0) is 46.1. The van der Waals surface area contributed by atoms with Crippen molar-refractivity contribution in [3.63, 3.8) is 0 Å². The van der Waals surface area contributed by atoms with Crippen molar-refractivity contribution in [1.29, 1.82) is 47.4 Å². The van der Waals surface area contributed by atoms with Gasteiger partial charge in [0.25, 0.3) is 0 Å². The molecule has 0 aliphatic carbocycles. The summed E-state index contributed by atoms with van der Waals surface area (Å²) in [6.45, 7) is 0. The van der Waals surface area contributed by atoms with E-state index in [1.807, 2.05) is 114 Å². The van der Waals surface area contributed by atoms with E-state index in [1.165, 1.54) is 47.7 Å². The van der Waals surface area contributed by atoms with Crippen molar-refractivity contribution >= 4 is 59.3 Å². The molecule has 1 heterocycles. The minimum atomic E-state index is -0.133. The second-order valence-electron chi connectivity index (χ2n) is 14.8. The molecule has 0 saturated carbocycles. The van der Waals surface area contributed by atoms with E-state index in [9.17, 15) is 47.4 Å². The number of rotatable bonds is 6. The van der Waals surface area contributed by atoms with Crippen LogP contribution in [0.2, 0.25) is 0 Å². The highest BCUT2D eigenvalue weighted by molar-refractivity contribution is 7.26. The van der Waals surface area contributed by atoms with E-state index < -0.39 is 0 Å². The van der Waals surface area contributed by atoms with Crippen LogP contribution >= 0.6 is 11.3 Å². The maximum absolute atomic E-state index is 11.1. The van der Waals surface area contributed by atoms with Gasteiger partial charge in [-0.1, -0.05) is 66.7 Å². The van der Waals surface area contributed by atoms with Crippen LogP contribution in [0.4, 0.5) is 17.1 Å². The largest absolute Gasteiger partial charge is 0.308 e. The van der Waals surface area contributed by atoms with Gasteiger partial charge in [-0.3, -0.25) is 0 Å². The molecule has 1 aromatic heterocycles. The van der Waals surface area contributed by atoms with Crippen LogP contribution in [0.15, 0.2) is 133 Å². The summed E-state index contributed by atoms with van der Waals surface area (Å²) in [5.74, 6) is 0. The maximum Gasteiger partial charge on any atom is 0.0999 e. The van der Waals surface area contributed by atoms with Crippen molar-refractivity contribution in [2.75, 3.05) is 4.90 Å². The van der Waals surface area contributed by atoms with Gasteiger partial charge in [-0.2, -0.15) is 47.4 Å². The van der Waals surface area contributed by atoms with Crippen LogP contribution in [0.1, 0.15) is 50.1 Å². The lowest BCUT2D eigenvalue weighted by atomic mass is 9.77. The molecular weight excluding hydrogens is 833 g/mol. The van der Waals surface area contributed by atoms with Crippen molar-refractivity contribution in [2.45, 2.75) is 0 Å². The number of thiophene rings is 1. The summed E-state index contributed by atoms with van der Waals surface area (Å²) >= 11 is 1.38. The molecule has 0 radical (unpaired) electrons. The van der Waals surface area contributed by atoms with Crippen molar-refractivity contribution in [3.05, 3.63) is 184 Å². The van der Waals surface area contributed by atoms with Gasteiger partial charge in [-0.25, -0.2) is 0 Å². The Labute approximate surface area is 381 Å². The lowest BCUT2D eigenvalue weighted by Crippen LogP contribution is -2.14.